The second-order valence-corrected chi connectivity index (χ2v) is 7.28. The minimum absolute atomic E-state index is 0. The van der Waals surface area contributed by atoms with Gasteiger partial charge in [0.1, 0.15) is 0 Å². The third-order valence-electron chi connectivity index (χ3n) is 5.24. The highest BCUT2D eigenvalue weighted by Gasteiger charge is 2.31. The minimum Gasteiger partial charge on any atom is -0.361 e. The molecule has 0 aliphatic carbocycles. The first kappa shape index (κ1) is 21.9. The van der Waals surface area contributed by atoms with Crippen LogP contribution in [-0.4, -0.2) is 36.2 Å². The van der Waals surface area contributed by atoms with E-state index in [9.17, 15) is 0 Å². The summed E-state index contributed by atoms with van der Waals surface area (Å²) in [5.74, 6) is 1.69. The van der Waals surface area contributed by atoms with Gasteiger partial charge in [-0.2, -0.15) is 0 Å². The van der Waals surface area contributed by atoms with E-state index in [1.165, 1.54) is 31.4 Å². The van der Waals surface area contributed by atoms with Gasteiger partial charge in [0.25, 0.3) is 0 Å². The fourth-order valence-electron chi connectivity index (χ4n) is 3.61. The number of hydrogen-bond donors (Lipinski definition) is 2. The Bertz CT molecular complexity index is 511. The van der Waals surface area contributed by atoms with Crippen LogP contribution in [0.3, 0.4) is 0 Å². The van der Waals surface area contributed by atoms with E-state index < -0.39 is 0 Å². The Morgan fingerprint density at radius 3 is 2.32 bits per heavy atom. The van der Waals surface area contributed by atoms with E-state index in [-0.39, 0.29) is 2.85 Å². The van der Waals surface area contributed by atoms with Gasteiger partial charge in [-0.05, 0) is 56.6 Å². The van der Waals surface area contributed by atoms with Gasteiger partial charge in [0, 0.05) is 27.7 Å². The van der Waals surface area contributed by atoms with Crippen LogP contribution in [0, 0.1) is 18.8 Å². The van der Waals surface area contributed by atoms with Gasteiger partial charge in [-0.1, -0.05) is 58.2 Å². The van der Waals surface area contributed by atoms with Crippen molar-refractivity contribution in [1.82, 2.24) is 10.2 Å². The van der Waals surface area contributed by atoms with Crippen molar-refractivity contribution in [3.63, 3.8) is 0 Å². The number of aryl methyl sites for hydroxylation is 1. The highest BCUT2D eigenvalue weighted by molar-refractivity contribution is 7.80. The minimum atomic E-state index is 0. The molecule has 2 N–H and O–H groups in total. The predicted molar refractivity (Wildman–Crippen MR) is 120 cm³/mol. The number of likely N-dealkylation sites (N-methyl/N-ethyl adjacent to an activating group) is 1. The normalized spacial score (nSPS) is 23.4. The summed E-state index contributed by atoms with van der Waals surface area (Å²) in [4.78, 5) is 2.50. The van der Waals surface area contributed by atoms with Gasteiger partial charge in [0.2, 0.25) is 0 Å². The highest BCUT2D eigenvalue weighted by Crippen LogP contribution is 2.31. The lowest BCUT2D eigenvalue weighted by molar-refractivity contribution is 0.0814. The predicted octanol–water partition coefficient (Wildman–Crippen LogP) is 5.56. The lowest BCUT2D eigenvalue weighted by atomic mass is 9.79. The number of hydrogen-bond acceptors (Lipinski definition) is 2. The summed E-state index contributed by atoms with van der Waals surface area (Å²) < 4.78 is 0. The molecule has 0 radical (unpaired) electrons. The van der Waals surface area contributed by atoms with Crippen LogP contribution in [0.25, 0.3) is 0 Å². The summed E-state index contributed by atoms with van der Waals surface area (Å²) in [6.45, 7) is 12.9. The van der Waals surface area contributed by atoms with Crippen LogP contribution in [0.5, 0.6) is 0 Å². The van der Waals surface area contributed by atoms with Gasteiger partial charge in [-0.25, -0.2) is 0 Å². The fraction of sp³-hybridized carbons (Fsp3) is 0.667. The average Bonchev–Trinajstić information content (AvgIpc) is 2.64. The molecular weight excluding hydrogens is 326 g/mol. The molecule has 1 saturated heterocycles. The Morgan fingerprint density at radius 2 is 1.76 bits per heavy atom. The van der Waals surface area contributed by atoms with Crippen LogP contribution in [0.4, 0.5) is 5.69 Å². The number of benzene rings is 1. The standard InChI is InChI=1S/C19H31N3S.C2H6.2H2/c1-5-15-11-18(22(4)13-16(15)6-2)12-20-19(23)21-17-9-7-14(3)8-10-17;1-2;;/h7-10,15-16,18H,5-6,11-13H2,1-4H3,(H2,20,21,23);1-2H3;2*1H/t15-,16-,18+;;;/m0.../s1. The van der Waals surface area contributed by atoms with Crippen molar-refractivity contribution in [2.45, 2.75) is 59.9 Å². The van der Waals surface area contributed by atoms with Gasteiger partial charge in [0.05, 0.1) is 0 Å². The molecule has 0 spiro atoms. The molecule has 1 aromatic rings. The van der Waals surface area contributed by atoms with Crippen molar-refractivity contribution in [1.29, 1.82) is 0 Å². The van der Waals surface area contributed by atoms with Crippen molar-refractivity contribution in [3.05, 3.63) is 29.8 Å². The van der Waals surface area contributed by atoms with Crippen molar-refractivity contribution in [3.8, 4) is 0 Å². The largest absolute Gasteiger partial charge is 0.361 e. The molecule has 0 unspecified atom stereocenters. The van der Waals surface area contributed by atoms with Crippen molar-refractivity contribution in [2.75, 3.05) is 25.5 Å². The molecule has 1 heterocycles. The molecule has 1 fully saturated rings. The molecule has 4 heteroatoms. The molecule has 3 atom stereocenters. The first-order chi connectivity index (χ1) is 12.0. The smallest absolute Gasteiger partial charge is 0.170 e. The maximum absolute atomic E-state index is 5.44. The summed E-state index contributed by atoms with van der Waals surface area (Å²) in [5, 5.41) is 7.39. The van der Waals surface area contributed by atoms with Crippen LogP contribution < -0.4 is 10.6 Å². The van der Waals surface area contributed by atoms with Crippen molar-refractivity contribution >= 4 is 23.0 Å². The molecule has 146 valence electrons. The summed E-state index contributed by atoms with van der Waals surface area (Å²) in [6.07, 6.45) is 3.84. The zero-order chi connectivity index (χ0) is 18.8. The van der Waals surface area contributed by atoms with E-state index in [4.69, 9.17) is 12.2 Å². The molecule has 25 heavy (non-hydrogen) atoms. The zero-order valence-corrected chi connectivity index (χ0v) is 17.7. The molecule has 0 aromatic heterocycles. The third kappa shape index (κ3) is 6.95. The third-order valence-corrected chi connectivity index (χ3v) is 5.49. The number of rotatable bonds is 5. The maximum Gasteiger partial charge on any atom is 0.170 e. The number of anilines is 1. The summed E-state index contributed by atoms with van der Waals surface area (Å²) in [7, 11) is 2.25. The number of thiocarbonyl (C=S) groups is 1. The number of nitrogens with one attached hydrogen (secondary N) is 2. The van der Waals surface area contributed by atoms with E-state index in [0.29, 0.717) is 11.2 Å². The van der Waals surface area contributed by atoms with Crippen LogP contribution in [-0.2, 0) is 0 Å². The fourth-order valence-corrected chi connectivity index (χ4v) is 3.82. The highest BCUT2D eigenvalue weighted by atomic mass is 32.1. The van der Waals surface area contributed by atoms with Gasteiger partial charge in [0.15, 0.2) is 5.11 Å². The second-order valence-electron chi connectivity index (χ2n) is 6.87. The quantitative estimate of drug-likeness (QED) is 0.667. The lowest BCUT2D eigenvalue weighted by Crippen LogP contribution is -2.50. The molecule has 1 aliphatic heterocycles. The van der Waals surface area contributed by atoms with E-state index in [0.717, 1.165) is 24.1 Å². The van der Waals surface area contributed by atoms with Crippen molar-refractivity contribution in [2.24, 2.45) is 11.8 Å². The molecule has 3 nitrogen and oxygen atoms in total. The SMILES string of the molecule is CC.CC[C@H]1C[C@H](CNC(=S)Nc2ccc(C)cc2)N(C)C[C@@H]1CC.[HH].[HH]. The van der Waals surface area contributed by atoms with E-state index >= 15 is 0 Å². The van der Waals surface area contributed by atoms with Crippen LogP contribution >= 0.6 is 12.2 Å². The second kappa shape index (κ2) is 11.5. The molecule has 0 amide bonds. The lowest BCUT2D eigenvalue weighted by Gasteiger charge is -2.42. The van der Waals surface area contributed by atoms with Gasteiger partial charge in [-0.3, -0.25) is 0 Å². The van der Waals surface area contributed by atoms with E-state index in [1.807, 2.05) is 13.8 Å². The van der Waals surface area contributed by atoms with E-state index in [1.54, 1.807) is 0 Å². The molecule has 1 aliphatic rings. The summed E-state index contributed by atoms with van der Waals surface area (Å²) in [5.41, 5.74) is 2.30. The van der Waals surface area contributed by atoms with Crippen LogP contribution in [0.2, 0.25) is 0 Å². The summed E-state index contributed by atoms with van der Waals surface area (Å²) >= 11 is 5.44. The Balaban J connectivity index is 0. The molecule has 1 aromatic carbocycles. The van der Waals surface area contributed by atoms with Gasteiger partial charge in [-0.15, -0.1) is 0 Å². The van der Waals surface area contributed by atoms with Gasteiger partial charge < -0.3 is 15.5 Å². The average molecular weight is 368 g/mol. The Morgan fingerprint density at radius 1 is 1.16 bits per heavy atom. The Labute approximate surface area is 163 Å². The van der Waals surface area contributed by atoms with E-state index in [2.05, 4.69) is 67.6 Å². The molecule has 0 bridgehead atoms. The maximum atomic E-state index is 5.44. The molecule has 0 saturated carbocycles. The number of piperidine rings is 1. The van der Waals surface area contributed by atoms with Crippen molar-refractivity contribution < 1.29 is 2.85 Å². The molecule has 2 rings (SSSR count). The number of nitrogens with zero attached hydrogens (tertiary/aromatic N) is 1. The zero-order valence-electron chi connectivity index (χ0n) is 16.9. The topological polar surface area (TPSA) is 27.3 Å². The first-order valence-electron chi connectivity index (χ1n) is 9.85. The Hall–Kier alpha value is -1.13. The Kier molecular flexibility index (Phi) is 10.1. The molecular formula is C21H41N3S. The monoisotopic (exact) mass is 367 g/mol. The van der Waals surface area contributed by atoms with Gasteiger partial charge >= 0.3 is 0 Å². The first-order valence-corrected chi connectivity index (χ1v) is 10.3. The number of likely N-dealkylation sites (tertiary alicyclic amines) is 1. The van der Waals surface area contributed by atoms with Crippen LogP contribution in [0.1, 0.15) is 55.4 Å². The van der Waals surface area contributed by atoms with Crippen LogP contribution in [0.15, 0.2) is 24.3 Å². The summed E-state index contributed by atoms with van der Waals surface area (Å²) in [6, 6.07) is 8.89.